The van der Waals surface area contributed by atoms with E-state index >= 15 is 0 Å². The van der Waals surface area contributed by atoms with E-state index in [1.807, 2.05) is 6.08 Å². The van der Waals surface area contributed by atoms with Crippen molar-refractivity contribution in [1.29, 1.82) is 0 Å². The monoisotopic (exact) mass is 375 g/mol. The van der Waals surface area contributed by atoms with Crippen LogP contribution in [-0.2, 0) is 4.84 Å². The Hall–Kier alpha value is -0.870. The second-order valence-electron chi connectivity index (χ2n) is 10.3. The third-order valence-corrected chi connectivity index (χ3v) is 9.49. The lowest BCUT2D eigenvalue weighted by molar-refractivity contribution is -0.207. The Bertz CT molecular complexity index is 619. The minimum atomic E-state index is -0.548. The molecule has 0 aliphatic heterocycles. The molecule has 4 fully saturated rings. The van der Waals surface area contributed by atoms with E-state index in [9.17, 15) is 10.2 Å². The van der Waals surface area contributed by atoms with Crippen LogP contribution in [0.1, 0.15) is 71.6 Å². The van der Waals surface area contributed by atoms with Gasteiger partial charge in [0.15, 0.2) is 0 Å². The third-order valence-electron chi connectivity index (χ3n) is 9.49. The van der Waals surface area contributed by atoms with Gasteiger partial charge in [-0.1, -0.05) is 25.1 Å². The third kappa shape index (κ3) is 2.81. The summed E-state index contributed by atoms with van der Waals surface area (Å²) in [7, 11) is 1.56. The maximum atomic E-state index is 12.1. The Morgan fingerprint density at radius 3 is 2.59 bits per heavy atom. The van der Waals surface area contributed by atoms with E-state index in [0.717, 1.165) is 44.9 Å². The van der Waals surface area contributed by atoms with Crippen LogP contribution in [0.2, 0.25) is 0 Å². The predicted octanol–water partition coefficient (Wildman–Crippen LogP) is 4.31. The summed E-state index contributed by atoms with van der Waals surface area (Å²) in [5, 5.41) is 26.0. The van der Waals surface area contributed by atoms with Crippen LogP contribution in [0.25, 0.3) is 0 Å². The molecule has 27 heavy (non-hydrogen) atoms. The first-order valence-electron chi connectivity index (χ1n) is 11.0. The van der Waals surface area contributed by atoms with E-state index in [0.29, 0.717) is 29.1 Å². The lowest BCUT2D eigenvalue weighted by atomic mass is 9.43. The van der Waals surface area contributed by atoms with Crippen LogP contribution in [0.3, 0.4) is 0 Å². The molecule has 0 radical (unpaired) electrons. The Morgan fingerprint density at radius 1 is 1.00 bits per heavy atom. The fraction of sp³-hybridized carbons (Fsp3) is 0.870. The van der Waals surface area contributed by atoms with Crippen LogP contribution in [0.15, 0.2) is 17.3 Å². The maximum Gasteiger partial charge on any atom is 0.106 e. The Balaban J connectivity index is 1.59. The van der Waals surface area contributed by atoms with Crippen molar-refractivity contribution in [3.05, 3.63) is 12.2 Å². The summed E-state index contributed by atoms with van der Waals surface area (Å²) >= 11 is 0. The van der Waals surface area contributed by atoms with E-state index < -0.39 is 5.60 Å². The smallest absolute Gasteiger partial charge is 0.106 e. The number of hydrogen-bond acceptors (Lipinski definition) is 4. The summed E-state index contributed by atoms with van der Waals surface area (Å²) in [6.45, 7) is 4.80. The molecule has 0 aromatic rings. The fourth-order valence-electron chi connectivity index (χ4n) is 7.83. The highest BCUT2D eigenvalue weighted by molar-refractivity contribution is 5.70. The zero-order chi connectivity index (χ0) is 19.3. The minimum absolute atomic E-state index is 0.0387. The summed E-state index contributed by atoms with van der Waals surface area (Å²) < 4.78 is 0. The second kappa shape index (κ2) is 6.88. The summed E-state index contributed by atoms with van der Waals surface area (Å²) in [5.74, 6) is 2.07. The minimum Gasteiger partial charge on any atom is -0.399 e. The Morgan fingerprint density at radius 2 is 1.81 bits per heavy atom. The molecule has 0 unspecified atom stereocenters. The first kappa shape index (κ1) is 19.4. The number of fused-ring (bicyclic) bond motifs is 5. The normalized spacial score (nSPS) is 52.6. The molecule has 2 N–H and O–H groups in total. The van der Waals surface area contributed by atoms with Crippen molar-refractivity contribution >= 4 is 6.21 Å². The summed E-state index contributed by atoms with van der Waals surface area (Å²) in [6.07, 6.45) is 15.5. The van der Waals surface area contributed by atoms with Crippen molar-refractivity contribution in [3.8, 4) is 0 Å². The van der Waals surface area contributed by atoms with Crippen LogP contribution in [0, 0.1) is 34.5 Å². The van der Waals surface area contributed by atoms with Crippen molar-refractivity contribution < 1.29 is 15.1 Å². The zero-order valence-corrected chi connectivity index (χ0v) is 17.2. The number of oxime groups is 1. The maximum absolute atomic E-state index is 12.1. The van der Waals surface area contributed by atoms with Crippen LogP contribution in [0.5, 0.6) is 0 Å². The highest BCUT2D eigenvalue weighted by atomic mass is 16.6. The van der Waals surface area contributed by atoms with Crippen LogP contribution >= 0.6 is 0 Å². The molecule has 152 valence electrons. The average molecular weight is 376 g/mol. The van der Waals surface area contributed by atoms with Gasteiger partial charge in [0.1, 0.15) is 7.11 Å². The topological polar surface area (TPSA) is 62.0 Å². The second-order valence-corrected chi connectivity index (χ2v) is 10.3. The number of allylic oxidation sites excluding steroid dienone is 2. The van der Waals surface area contributed by atoms with E-state index in [-0.39, 0.29) is 11.5 Å². The Kier molecular flexibility index (Phi) is 4.95. The van der Waals surface area contributed by atoms with Crippen molar-refractivity contribution in [2.75, 3.05) is 7.11 Å². The van der Waals surface area contributed by atoms with Crippen LogP contribution < -0.4 is 0 Å². The fourth-order valence-corrected chi connectivity index (χ4v) is 7.83. The molecule has 4 rings (SSSR count). The van der Waals surface area contributed by atoms with Gasteiger partial charge in [-0.05, 0) is 93.0 Å². The van der Waals surface area contributed by atoms with Gasteiger partial charge in [0.25, 0.3) is 0 Å². The van der Waals surface area contributed by atoms with E-state index in [4.69, 9.17) is 4.84 Å². The molecular weight excluding hydrogens is 338 g/mol. The van der Waals surface area contributed by atoms with Crippen molar-refractivity contribution in [1.82, 2.24) is 0 Å². The van der Waals surface area contributed by atoms with Gasteiger partial charge in [-0.2, -0.15) is 0 Å². The molecule has 0 bridgehead atoms. The largest absolute Gasteiger partial charge is 0.399 e. The summed E-state index contributed by atoms with van der Waals surface area (Å²) in [5.41, 5.74) is -0.283. The lowest BCUT2D eigenvalue weighted by Crippen LogP contribution is -2.62. The molecule has 0 heterocycles. The molecule has 4 aliphatic carbocycles. The molecule has 0 aromatic heterocycles. The number of aliphatic hydroxyl groups excluding tert-OH is 1. The van der Waals surface area contributed by atoms with E-state index in [2.05, 4.69) is 25.1 Å². The highest BCUT2D eigenvalue weighted by Gasteiger charge is 2.66. The van der Waals surface area contributed by atoms with Gasteiger partial charge in [0.2, 0.25) is 0 Å². The van der Waals surface area contributed by atoms with Gasteiger partial charge in [-0.25, -0.2) is 0 Å². The van der Waals surface area contributed by atoms with Gasteiger partial charge in [0.05, 0.1) is 17.9 Å². The summed E-state index contributed by atoms with van der Waals surface area (Å²) in [6, 6.07) is 0. The highest BCUT2D eigenvalue weighted by Crippen LogP contribution is 2.69. The standard InChI is InChI=1S/C23H37NO3/c1-21-11-9-18(25)15-17(21)6-7-20-19(21)10-12-22(2)16(5-4-14-24-27-3)8-13-23(20,22)26/h4-5,14,16-20,25-26H,6-13,15H2,1-3H3/b5-4+,24-14+/t16-,17+,18-,19-,20+,21-,22+,23-/m0/s1. The van der Waals surface area contributed by atoms with Gasteiger partial charge in [-0.3, -0.25) is 0 Å². The first-order valence-corrected chi connectivity index (χ1v) is 11.0. The van der Waals surface area contributed by atoms with Crippen molar-refractivity contribution in [2.24, 2.45) is 39.7 Å². The van der Waals surface area contributed by atoms with Crippen LogP contribution in [0.4, 0.5) is 0 Å². The Labute approximate surface area is 164 Å². The molecule has 4 nitrogen and oxygen atoms in total. The number of aliphatic hydroxyl groups is 2. The number of hydrogen-bond donors (Lipinski definition) is 2. The van der Waals surface area contributed by atoms with Gasteiger partial charge < -0.3 is 15.1 Å². The molecule has 4 heteroatoms. The molecule has 4 aliphatic rings. The van der Waals surface area contributed by atoms with Crippen LogP contribution in [-0.4, -0.2) is 35.2 Å². The van der Waals surface area contributed by atoms with Gasteiger partial charge >= 0.3 is 0 Å². The molecule has 0 amide bonds. The van der Waals surface area contributed by atoms with Crippen molar-refractivity contribution in [2.45, 2.75) is 83.3 Å². The SMILES string of the molecule is CO/N=C/C=C/[C@H]1CC[C@]2(O)[C@@H]3CC[C@@H]4C[C@@H](O)CC[C@]4(C)[C@H]3CC[C@]12C. The zero-order valence-electron chi connectivity index (χ0n) is 17.2. The molecular formula is C23H37NO3. The quantitative estimate of drug-likeness (QED) is 0.571. The lowest BCUT2D eigenvalue weighted by Gasteiger charge is -2.63. The summed E-state index contributed by atoms with van der Waals surface area (Å²) in [4.78, 5) is 4.75. The molecule has 8 atom stereocenters. The van der Waals surface area contributed by atoms with Crippen molar-refractivity contribution in [3.63, 3.8) is 0 Å². The van der Waals surface area contributed by atoms with Gasteiger partial charge in [-0.15, -0.1) is 0 Å². The molecule has 4 saturated carbocycles. The number of rotatable bonds is 3. The molecule has 0 spiro atoms. The van der Waals surface area contributed by atoms with Gasteiger partial charge in [0, 0.05) is 5.41 Å². The van der Waals surface area contributed by atoms with E-state index in [1.54, 1.807) is 13.3 Å². The predicted molar refractivity (Wildman–Crippen MR) is 107 cm³/mol. The molecule has 0 saturated heterocycles. The van der Waals surface area contributed by atoms with E-state index in [1.165, 1.54) is 12.8 Å². The first-order chi connectivity index (χ1) is 12.8. The average Bonchev–Trinajstić information content (AvgIpc) is 2.91. The number of nitrogens with zero attached hydrogens (tertiary/aromatic N) is 1. The molecule has 0 aromatic carbocycles.